The third kappa shape index (κ3) is 4.40. The van der Waals surface area contributed by atoms with Gasteiger partial charge in [-0.05, 0) is 19.4 Å². The Bertz CT molecular complexity index is 668. The van der Waals surface area contributed by atoms with Crippen LogP contribution in [-0.2, 0) is 11.1 Å². The molecule has 0 radical (unpaired) electrons. The second-order valence-corrected chi connectivity index (χ2v) is 6.43. The van der Waals surface area contributed by atoms with Crippen molar-refractivity contribution in [3.8, 4) is 11.9 Å². The average molecular weight is 316 g/mol. The number of aromatic amines is 1. The van der Waals surface area contributed by atoms with E-state index in [1.54, 1.807) is 6.20 Å². The van der Waals surface area contributed by atoms with Gasteiger partial charge in [0.1, 0.15) is 11.0 Å². The van der Waals surface area contributed by atoms with Crippen LogP contribution >= 0.6 is 7.60 Å². The summed E-state index contributed by atoms with van der Waals surface area (Å²) >= 11 is 0. The zero-order valence-corrected chi connectivity index (χ0v) is 12.0. The van der Waals surface area contributed by atoms with Crippen LogP contribution in [0.4, 0.5) is 0 Å². The van der Waals surface area contributed by atoms with Gasteiger partial charge < -0.3 is 30.3 Å². The van der Waals surface area contributed by atoms with Gasteiger partial charge in [0, 0.05) is 24.5 Å². The molecule has 0 aliphatic carbocycles. The Labute approximate surface area is 120 Å². The lowest BCUT2D eigenvalue weighted by Gasteiger charge is -2.05. The first-order valence-corrected chi connectivity index (χ1v) is 8.18. The van der Waals surface area contributed by atoms with Gasteiger partial charge in [0.05, 0.1) is 0 Å². The molecule has 0 saturated heterocycles. The minimum atomic E-state index is -3.91. The molecule has 21 heavy (non-hydrogen) atoms. The second-order valence-electron chi connectivity index (χ2n) is 4.66. The van der Waals surface area contributed by atoms with Crippen LogP contribution in [0, 0.1) is 0 Å². The van der Waals surface area contributed by atoms with Crippen molar-refractivity contribution in [3.05, 3.63) is 11.8 Å². The molecule has 0 fully saturated rings. The standard InChI is InChI=1S/C11H17N4O5P/c16-10-9-8(14-11(17)15-10)7(6-13-9)5-12-3-1-2-4-21(18,19)20/h6,12-13H,1-5H2,(H2,18,19,20)(H2,14,15,16,17). The summed E-state index contributed by atoms with van der Waals surface area (Å²) in [7, 11) is -3.91. The highest BCUT2D eigenvalue weighted by Gasteiger charge is 2.13. The van der Waals surface area contributed by atoms with Crippen molar-refractivity contribution >= 4 is 18.6 Å². The van der Waals surface area contributed by atoms with Crippen LogP contribution in [0.3, 0.4) is 0 Å². The van der Waals surface area contributed by atoms with Gasteiger partial charge in [0.25, 0.3) is 0 Å². The maximum Gasteiger partial charge on any atom is 0.325 e. The number of unbranched alkanes of at least 4 members (excludes halogenated alkanes) is 1. The van der Waals surface area contributed by atoms with Crippen LogP contribution in [0.15, 0.2) is 6.20 Å². The molecule has 0 amide bonds. The largest absolute Gasteiger partial charge is 0.492 e. The van der Waals surface area contributed by atoms with E-state index in [0.717, 1.165) is 5.56 Å². The van der Waals surface area contributed by atoms with E-state index >= 15 is 0 Å². The van der Waals surface area contributed by atoms with Gasteiger partial charge in [0.2, 0.25) is 5.88 Å². The molecule has 9 nitrogen and oxygen atoms in total. The average Bonchev–Trinajstić information content (AvgIpc) is 2.75. The fourth-order valence-electron chi connectivity index (χ4n) is 1.96. The molecule has 0 unspecified atom stereocenters. The molecule has 10 heteroatoms. The summed E-state index contributed by atoms with van der Waals surface area (Å²) < 4.78 is 10.7. The fourth-order valence-corrected chi connectivity index (χ4v) is 2.59. The van der Waals surface area contributed by atoms with Crippen LogP contribution in [0.25, 0.3) is 11.0 Å². The van der Waals surface area contributed by atoms with Crippen LogP contribution in [-0.4, -0.2) is 47.7 Å². The Hall–Kier alpha value is -1.67. The van der Waals surface area contributed by atoms with E-state index in [1.165, 1.54) is 0 Å². The third-order valence-corrected chi connectivity index (χ3v) is 3.84. The predicted molar refractivity (Wildman–Crippen MR) is 75.1 cm³/mol. The highest BCUT2D eigenvalue weighted by atomic mass is 31.2. The molecular formula is C11H17N4O5P. The van der Waals surface area contributed by atoms with E-state index in [1.807, 2.05) is 0 Å². The molecule has 2 aromatic heterocycles. The number of aromatic hydroxyl groups is 2. The molecule has 2 aromatic rings. The molecule has 0 aliphatic rings. The van der Waals surface area contributed by atoms with Crippen molar-refractivity contribution in [2.45, 2.75) is 19.4 Å². The molecule has 6 N–H and O–H groups in total. The normalized spacial score (nSPS) is 12.1. The van der Waals surface area contributed by atoms with Crippen LogP contribution in [0.2, 0.25) is 0 Å². The molecule has 0 spiro atoms. The monoisotopic (exact) mass is 316 g/mol. The zero-order valence-electron chi connectivity index (χ0n) is 11.2. The Kier molecular flexibility index (Phi) is 4.79. The first-order chi connectivity index (χ1) is 9.87. The summed E-state index contributed by atoms with van der Waals surface area (Å²) in [5, 5.41) is 21.9. The molecule has 0 aliphatic heterocycles. The fraction of sp³-hybridized carbons (Fsp3) is 0.455. The Morgan fingerprint density at radius 3 is 2.71 bits per heavy atom. The SMILES string of the molecule is O=P(O)(O)CCCCNCc1c[nH]c2c(O)nc(O)nc12. The van der Waals surface area contributed by atoms with Crippen molar-refractivity contribution in [3.63, 3.8) is 0 Å². The lowest BCUT2D eigenvalue weighted by atomic mass is 10.2. The van der Waals surface area contributed by atoms with Crippen LogP contribution in [0.1, 0.15) is 18.4 Å². The smallest absolute Gasteiger partial charge is 0.325 e. The second kappa shape index (κ2) is 6.40. The van der Waals surface area contributed by atoms with E-state index in [4.69, 9.17) is 9.79 Å². The maximum absolute atomic E-state index is 10.7. The number of nitrogens with zero attached hydrogens (tertiary/aromatic N) is 2. The summed E-state index contributed by atoms with van der Waals surface area (Å²) in [5.41, 5.74) is 1.54. The highest BCUT2D eigenvalue weighted by molar-refractivity contribution is 7.51. The van der Waals surface area contributed by atoms with Gasteiger partial charge in [0.15, 0.2) is 0 Å². The first-order valence-electron chi connectivity index (χ1n) is 6.38. The van der Waals surface area contributed by atoms with Gasteiger partial charge in [-0.3, -0.25) is 4.57 Å². The molecule has 2 heterocycles. The summed E-state index contributed by atoms with van der Waals surface area (Å²) in [6.45, 7) is 1.04. The highest BCUT2D eigenvalue weighted by Crippen LogP contribution is 2.35. The first kappa shape index (κ1) is 15.7. The maximum atomic E-state index is 10.7. The van der Waals surface area contributed by atoms with Crippen molar-refractivity contribution < 1.29 is 24.6 Å². The molecule has 116 valence electrons. The molecule has 0 bridgehead atoms. The van der Waals surface area contributed by atoms with Gasteiger partial charge in [-0.1, -0.05) is 0 Å². The van der Waals surface area contributed by atoms with Crippen molar-refractivity contribution in [2.75, 3.05) is 12.7 Å². The Balaban J connectivity index is 1.86. The minimum absolute atomic E-state index is 0.114. The lowest BCUT2D eigenvalue weighted by Crippen LogP contribution is -2.14. The Morgan fingerprint density at radius 1 is 1.24 bits per heavy atom. The number of aromatic nitrogens is 3. The van der Waals surface area contributed by atoms with Crippen LogP contribution in [0.5, 0.6) is 11.9 Å². The minimum Gasteiger partial charge on any atom is -0.492 e. The van der Waals surface area contributed by atoms with Gasteiger partial charge in [-0.2, -0.15) is 9.97 Å². The van der Waals surface area contributed by atoms with E-state index in [-0.39, 0.29) is 12.0 Å². The number of hydrogen-bond donors (Lipinski definition) is 6. The van der Waals surface area contributed by atoms with E-state index in [0.29, 0.717) is 37.0 Å². The van der Waals surface area contributed by atoms with E-state index < -0.39 is 13.6 Å². The van der Waals surface area contributed by atoms with Gasteiger partial charge in [-0.25, -0.2) is 0 Å². The lowest BCUT2D eigenvalue weighted by molar-refractivity contribution is 0.371. The molecule has 0 saturated carbocycles. The summed E-state index contributed by atoms with van der Waals surface area (Å²) in [6, 6.07) is -0.498. The number of rotatable bonds is 7. The topological polar surface area (TPSA) is 152 Å². The molecular weight excluding hydrogens is 299 g/mol. The van der Waals surface area contributed by atoms with Gasteiger partial charge >= 0.3 is 13.6 Å². The zero-order chi connectivity index (χ0) is 15.5. The quantitative estimate of drug-likeness (QED) is 0.317. The van der Waals surface area contributed by atoms with Gasteiger partial charge in [-0.15, -0.1) is 0 Å². The molecule has 0 atom stereocenters. The number of nitrogens with one attached hydrogen (secondary N) is 2. The van der Waals surface area contributed by atoms with Crippen LogP contribution < -0.4 is 5.32 Å². The Morgan fingerprint density at radius 2 is 2.00 bits per heavy atom. The summed E-state index contributed by atoms with van der Waals surface area (Å²) in [5.74, 6) is -0.314. The van der Waals surface area contributed by atoms with Crippen molar-refractivity contribution in [1.29, 1.82) is 0 Å². The molecule has 0 aromatic carbocycles. The van der Waals surface area contributed by atoms with Crippen molar-refractivity contribution in [1.82, 2.24) is 20.3 Å². The summed E-state index contributed by atoms with van der Waals surface area (Å²) in [4.78, 5) is 27.6. The van der Waals surface area contributed by atoms with E-state index in [2.05, 4.69) is 20.3 Å². The predicted octanol–water partition coefficient (Wildman–Crippen LogP) is 0.417. The third-order valence-electron chi connectivity index (χ3n) is 2.94. The van der Waals surface area contributed by atoms with E-state index in [9.17, 15) is 14.8 Å². The number of hydrogen-bond acceptors (Lipinski definition) is 6. The van der Waals surface area contributed by atoms with Crippen molar-refractivity contribution in [2.24, 2.45) is 0 Å². The summed E-state index contributed by atoms with van der Waals surface area (Å²) in [6.07, 6.45) is 2.62. The number of H-pyrrole nitrogens is 1. The molecule has 2 rings (SSSR count). The number of fused-ring (bicyclic) bond motifs is 1.